The van der Waals surface area contributed by atoms with E-state index in [1.807, 2.05) is 26.0 Å². The number of amides is 1. The molecule has 2 N–H and O–H groups in total. The van der Waals surface area contributed by atoms with E-state index in [1.165, 1.54) is 0 Å². The average molecular weight is 244 g/mol. The van der Waals surface area contributed by atoms with E-state index < -0.39 is 0 Å². The highest BCUT2D eigenvalue weighted by Crippen LogP contribution is 2.06. The molecule has 94 valence electrons. The molecule has 0 aromatic carbocycles. The molecule has 0 saturated heterocycles. The van der Waals surface area contributed by atoms with Gasteiger partial charge in [0.15, 0.2) is 0 Å². The number of pyridine rings is 1. The van der Waals surface area contributed by atoms with Crippen LogP contribution in [-0.2, 0) is 6.42 Å². The highest BCUT2D eigenvalue weighted by Gasteiger charge is 2.09. The van der Waals surface area contributed by atoms with Crippen LogP contribution in [0.25, 0.3) is 0 Å². The Morgan fingerprint density at radius 3 is 2.89 bits per heavy atom. The van der Waals surface area contributed by atoms with Gasteiger partial charge in [0.25, 0.3) is 5.91 Å². The summed E-state index contributed by atoms with van der Waals surface area (Å²) < 4.78 is 0. The van der Waals surface area contributed by atoms with Crippen LogP contribution in [0.5, 0.6) is 0 Å². The molecule has 0 fully saturated rings. The van der Waals surface area contributed by atoms with Crippen molar-refractivity contribution in [3.8, 4) is 0 Å². The number of imidazole rings is 1. The van der Waals surface area contributed by atoms with Gasteiger partial charge in [0.1, 0.15) is 0 Å². The fourth-order valence-electron chi connectivity index (χ4n) is 1.75. The third kappa shape index (κ3) is 2.94. The van der Waals surface area contributed by atoms with Gasteiger partial charge in [0.05, 0.1) is 17.6 Å². The maximum absolute atomic E-state index is 11.9. The van der Waals surface area contributed by atoms with E-state index in [2.05, 4.69) is 20.3 Å². The molecule has 2 heterocycles. The number of carbonyl (C=O) groups excluding carboxylic acids is 1. The number of carbonyl (C=O) groups is 1. The molecule has 0 saturated carbocycles. The molecule has 18 heavy (non-hydrogen) atoms. The molecular formula is C13H16N4O. The third-order valence-electron chi connectivity index (χ3n) is 2.70. The maximum atomic E-state index is 11.9. The molecule has 1 amide bonds. The second-order valence-corrected chi connectivity index (χ2v) is 4.17. The van der Waals surface area contributed by atoms with Gasteiger partial charge < -0.3 is 10.3 Å². The summed E-state index contributed by atoms with van der Waals surface area (Å²) in [4.78, 5) is 23.1. The third-order valence-corrected chi connectivity index (χ3v) is 2.70. The minimum absolute atomic E-state index is 0.0838. The average Bonchev–Trinajstić information content (AvgIpc) is 2.81. The first-order valence-corrected chi connectivity index (χ1v) is 5.86. The molecule has 0 radical (unpaired) electrons. The number of nitrogens with one attached hydrogen (secondary N) is 2. The Morgan fingerprint density at radius 1 is 1.39 bits per heavy atom. The van der Waals surface area contributed by atoms with Crippen LogP contribution in [0.1, 0.15) is 27.4 Å². The molecule has 2 rings (SSSR count). The monoisotopic (exact) mass is 244 g/mol. The summed E-state index contributed by atoms with van der Waals surface area (Å²) in [5, 5.41) is 2.87. The van der Waals surface area contributed by atoms with Crippen LogP contribution in [0, 0.1) is 13.8 Å². The van der Waals surface area contributed by atoms with Crippen molar-refractivity contribution < 1.29 is 4.79 Å². The van der Waals surface area contributed by atoms with Crippen LogP contribution in [0.2, 0.25) is 0 Å². The first kappa shape index (κ1) is 12.3. The summed E-state index contributed by atoms with van der Waals surface area (Å²) in [5.74, 6) is -0.0838. The van der Waals surface area contributed by atoms with Gasteiger partial charge in [-0.15, -0.1) is 0 Å². The lowest BCUT2D eigenvalue weighted by Crippen LogP contribution is -2.26. The summed E-state index contributed by atoms with van der Waals surface area (Å²) in [6, 6.07) is 3.65. The summed E-state index contributed by atoms with van der Waals surface area (Å²) in [6.45, 7) is 4.33. The van der Waals surface area contributed by atoms with Crippen molar-refractivity contribution in [2.24, 2.45) is 0 Å². The molecule has 2 aromatic rings. The standard InChI is InChI=1S/C13H16N4O/c1-9-3-4-12(10(2)17-9)13(18)15-6-5-11-7-14-8-16-11/h3-4,7-8H,5-6H2,1-2H3,(H,14,16)(H,15,18). The summed E-state index contributed by atoms with van der Waals surface area (Å²) in [7, 11) is 0. The lowest BCUT2D eigenvalue weighted by atomic mass is 10.1. The lowest BCUT2D eigenvalue weighted by molar-refractivity contribution is 0.0953. The van der Waals surface area contributed by atoms with E-state index >= 15 is 0 Å². The predicted octanol–water partition coefficient (Wildman–Crippen LogP) is 1.39. The van der Waals surface area contributed by atoms with Crippen molar-refractivity contribution >= 4 is 5.91 Å². The van der Waals surface area contributed by atoms with E-state index in [9.17, 15) is 4.79 Å². The van der Waals surface area contributed by atoms with Crippen molar-refractivity contribution in [1.29, 1.82) is 0 Å². The number of aromatic amines is 1. The fraction of sp³-hybridized carbons (Fsp3) is 0.308. The fourth-order valence-corrected chi connectivity index (χ4v) is 1.75. The molecule has 0 unspecified atom stereocenters. The zero-order chi connectivity index (χ0) is 13.0. The van der Waals surface area contributed by atoms with Gasteiger partial charge in [-0.25, -0.2) is 4.98 Å². The lowest BCUT2D eigenvalue weighted by Gasteiger charge is -2.07. The Labute approximate surface area is 106 Å². The molecule has 0 bridgehead atoms. The van der Waals surface area contributed by atoms with Gasteiger partial charge in [0.2, 0.25) is 0 Å². The Morgan fingerprint density at radius 2 is 2.22 bits per heavy atom. The van der Waals surface area contributed by atoms with E-state index in [0.29, 0.717) is 12.1 Å². The number of aryl methyl sites for hydroxylation is 2. The second kappa shape index (κ2) is 5.44. The number of rotatable bonds is 4. The van der Waals surface area contributed by atoms with Crippen LogP contribution in [0.3, 0.4) is 0 Å². The highest BCUT2D eigenvalue weighted by molar-refractivity contribution is 5.95. The van der Waals surface area contributed by atoms with Gasteiger partial charge in [-0.3, -0.25) is 9.78 Å². The van der Waals surface area contributed by atoms with Gasteiger partial charge in [0, 0.05) is 30.6 Å². The first-order chi connectivity index (χ1) is 8.66. The smallest absolute Gasteiger partial charge is 0.253 e. The molecule has 0 atom stereocenters. The van der Waals surface area contributed by atoms with E-state index in [1.54, 1.807) is 12.5 Å². The summed E-state index contributed by atoms with van der Waals surface area (Å²) in [5.41, 5.74) is 3.31. The number of aromatic nitrogens is 3. The van der Waals surface area contributed by atoms with Crippen LogP contribution >= 0.6 is 0 Å². The van der Waals surface area contributed by atoms with Crippen LogP contribution < -0.4 is 5.32 Å². The molecule has 0 aliphatic heterocycles. The van der Waals surface area contributed by atoms with Crippen molar-refractivity contribution in [2.75, 3.05) is 6.54 Å². The van der Waals surface area contributed by atoms with Crippen molar-refractivity contribution in [3.63, 3.8) is 0 Å². The van der Waals surface area contributed by atoms with Crippen molar-refractivity contribution in [3.05, 3.63) is 47.3 Å². The predicted molar refractivity (Wildman–Crippen MR) is 68.3 cm³/mol. The second-order valence-electron chi connectivity index (χ2n) is 4.17. The highest BCUT2D eigenvalue weighted by atomic mass is 16.1. The molecule has 5 heteroatoms. The van der Waals surface area contributed by atoms with Crippen LogP contribution in [0.4, 0.5) is 0 Å². The van der Waals surface area contributed by atoms with E-state index in [-0.39, 0.29) is 5.91 Å². The number of hydrogen-bond acceptors (Lipinski definition) is 3. The molecule has 0 aliphatic rings. The molecular weight excluding hydrogens is 228 g/mol. The normalized spacial score (nSPS) is 10.3. The van der Waals surface area contributed by atoms with E-state index in [0.717, 1.165) is 23.5 Å². The van der Waals surface area contributed by atoms with Gasteiger partial charge in [-0.1, -0.05) is 0 Å². The molecule has 5 nitrogen and oxygen atoms in total. The Kier molecular flexibility index (Phi) is 3.72. The minimum atomic E-state index is -0.0838. The maximum Gasteiger partial charge on any atom is 0.253 e. The topological polar surface area (TPSA) is 70.7 Å². The van der Waals surface area contributed by atoms with Crippen molar-refractivity contribution in [1.82, 2.24) is 20.3 Å². The quantitative estimate of drug-likeness (QED) is 0.854. The van der Waals surface area contributed by atoms with Crippen molar-refractivity contribution in [2.45, 2.75) is 20.3 Å². The number of nitrogens with zero attached hydrogens (tertiary/aromatic N) is 2. The zero-order valence-electron chi connectivity index (χ0n) is 10.5. The summed E-state index contributed by atoms with van der Waals surface area (Å²) in [6.07, 6.45) is 4.13. The number of H-pyrrole nitrogens is 1. The number of hydrogen-bond donors (Lipinski definition) is 2. The Hall–Kier alpha value is -2.17. The summed E-state index contributed by atoms with van der Waals surface area (Å²) >= 11 is 0. The Bertz CT molecular complexity index is 534. The SMILES string of the molecule is Cc1ccc(C(=O)NCCc2cnc[nH]2)c(C)n1. The van der Waals surface area contributed by atoms with Crippen LogP contribution in [-0.4, -0.2) is 27.4 Å². The van der Waals surface area contributed by atoms with Gasteiger partial charge in [-0.05, 0) is 26.0 Å². The zero-order valence-corrected chi connectivity index (χ0v) is 10.5. The first-order valence-electron chi connectivity index (χ1n) is 5.86. The largest absolute Gasteiger partial charge is 0.352 e. The molecule has 0 spiro atoms. The Balaban J connectivity index is 1.91. The van der Waals surface area contributed by atoms with Gasteiger partial charge >= 0.3 is 0 Å². The van der Waals surface area contributed by atoms with Gasteiger partial charge in [-0.2, -0.15) is 0 Å². The van der Waals surface area contributed by atoms with E-state index in [4.69, 9.17) is 0 Å². The minimum Gasteiger partial charge on any atom is -0.352 e. The molecule has 2 aromatic heterocycles. The molecule has 0 aliphatic carbocycles. The van der Waals surface area contributed by atoms with Crippen LogP contribution in [0.15, 0.2) is 24.7 Å².